The molecule has 21 heavy (non-hydrogen) atoms. The van der Waals surface area contributed by atoms with Gasteiger partial charge >= 0.3 is 0 Å². The van der Waals surface area contributed by atoms with Crippen LogP contribution in [0.1, 0.15) is 55.8 Å². The Morgan fingerprint density at radius 1 is 1.38 bits per heavy atom. The van der Waals surface area contributed by atoms with Crippen molar-refractivity contribution in [2.45, 2.75) is 51.0 Å². The summed E-state index contributed by atoms with van der Waals surface area (Å²) < 4.78 is 5.51. The minimum absolute atomic E-state index is 0.367. The van der Waals surface area contributed by atoms with Gasteiger partial charge in [0.25, 0.3) is 0 Å². The van der Waals surface area contributed by atoms with Crippen LogP contribution in [0.2, 0.25) is 0 Å². The predicted molar refractivity (Wildman–Crippen MR) is 80.0 cm³/mol. The van der Waals surface area contributed by atoms with Gasteiger partial charge in [-0.15, -0.1) is 0 Å². The van der Waals surface area contributed by atoms with E-state index in [1.54, 1.807) is 6.20 Å². The molecule has 2 atom stereocenters. The zero-order valence-electron chi connectivity index (χ0n) is 12.5. The highest BCUT2D eigenvalue weighted by molar-refractivity contribution is 5.14. The Kier molecular flexibility index (Phi) is 4.60. The van der Waals surface area contributed by atoms with Crippen LogP contribution in [-0.4, -0.2) is 27.7 Å². The van der Waals surface area contributed by atoms with Gasteiger partial charge in [0.2, 0.25) is 5.89 Å². The molecule has 0 saturated heterocycles. The van der Waals surface area contributed by atoms with Gasteiger partial charge in [0.1, 0.15) is 0 Å². The number of pyridine rings is 1. The van der Waals surface area contributed by atoms with Crippen molar-refractivity contribution in [3.8, 4) is 0 Å². The van der Waals surface area contributed by atoms with Crippen molar-refractivity contribution in [3.05, 3.63) is 41.8 Å². The second kappa shape index (κ2) is 6.80. The molecule has 0 aliphatic heterocycles. The van der Waals surface area contributed by atoms with E-state index in [2.05, 4.69) is 27.4 Å². The van der Waals surface area contributed by atoms with E-state index in [-0.39, 0.29) is 0 Å². The average Bonchev–Trinajstić information content (AvgIpc) is 3.15. The maximum absolute atomic E-state index is 5.51. The van der Waals surface area contributed by atoms with Crippen LogP contribution < -0.4 is 5.32 Å². The first-order valence-electron chi connectivity index (χ1n) is 7.81. The second-order valence-corrected chi connectivity index (χ2v) is 5.68. The molecule has 5 nitrogen and oxygen atoms in total. The van der Waals surface area contributed by atoms with E-state index in [0.717, 1.165) is 36.7 Å². The summed E-state index contributed by atoms with van der Waals surface area (Å²) in [6.07, 6.45) is 9.01. The molecule has 1 N–H and O–H groups in total. The summed E-state index contributed by atoms with van der Waals surface area (Å²) in [5.74, 6) is 1.91. The van der Waals surface area contributed by atoms with Crippen LogP contribution in [0.5, 0.6) is 0 Å². The summed E-state index contributed by atoms with van der Waals surface area (Å²) in [5, 5.41) is 7.73. The zero-order valence-corrected chi connectivity index (χ0v) is 12.5. The van der Waals surface area contributed by atoms with Crippen molar-refractivity contribution < 1.29 is 4.52 Å². The lowest BCUT2D eigenvalue weighted by atomic mass is 10.0. The fourth-order valence-electron chi connectivity index (χ4n) is 3.00. The van der Waals surface area contributed by atoms with Crippen LogP contribution in [0.25, 0.3) is 0 Å². The van der Waals surface area contributed by atoms with Crippen molar-refractivity contribution in [2.24, 2.45) is 0 Å². The summed E-state index contributed by atoms with van der Waals surface area (Å²) >= 11 is 0. The van der Waals surface area contributed by atoms with Gasteiger partial charge in [0, 0.05) is 24.9 Å². The molecular weight excluding hydrogens is 264 g/mol. The molecule has 1 saturated carbocycles. The predicted octanol–water partition coefficient (Wildman–Crippen LogP) is 2.69. The minimum atomic E-state index is 0.367. The SMILES string of the molecule is CCCNC1CCCC1c1nc(Cc2cccnc2)no1. The molecule has 2 unspecified atom stereocenters. The lowest BCUT2D eigenvalue weighted by molar-refractivity contribution is 0.328. The molecule has 112 valence electrons. The summed E-state index contributed by atoms with van der Waals surface area (Å²) in [5.41, 5.74) is 1.11. The average molecular weight is 286 g/mol. The normalized spacial score (nSPS) is 21.8. The van der Waals surface area contributed by atoms with Gasteiger partial charge < -0.3 is 9.84 Å². The molecule has 3 rings (SSSR count). The molecule has 0 spiro atoms. The van der Waals surface area contributed by atoms with Crippen LogP contribution in [-0.2, 0) is 6.42 Å². The maximum Gasteiger partial charge on any atom is 0.231 e. The van der Waals surface area contributed by atoms with E-state index in [0.29, 0.717) is 18.4 Å². The van der Waals surface area contributed by atoms with Gasteiger partial charge in [0.05, 0.1) is 5.92 Å². The van der Waals surface area contributed by atoms with Crippen molar-refractivity contribution in [2.75, 3.05) is 6.54 Å². The molecule has 2 heterocycles. The number of nitrogens with one attached hydrogen (secondary N) is 1. The molecule has 1 aliphatic carbocycles. The monoisotopic (exact) mass is 286 g/mol. The highest BCUT2D eigenvalue weighted by atomic mass is 16.5. The number of rotatable bonds is 6. The first-order valence-corrected chi connectivity index (χ1v) is 7.81. The van der Waals surface area contributed by atoms with E-state index in [9.17, 15) is 0 Å². The van der Waals surface area contributed by atoms with E-state index >= 15 is 0 Å². The number of hydrogen-bond acceptors (Lipinski definition) is 5. The highest BCUT2D eigenvalue weighted by Crippen LogP contribution is 2.33. The Hall–Kier alpha value is -1.75. The second-order valence-electron chi connectivity index (χ2n) is 5.68. The van der Waals surface area contributed by atoms with E-state index < -0.39 is 0 Å². The lowest BCUT2D eigenvalue weighted by Crippen LogP contribution is -2.31. The summed E-state index contributed by atoms with van der Waals surface area (Å²) in [7, 11) is 0. The van der Waals surface area contributed by atoms with Crippen molar-refractivity contribution >= 4 is 0 Å². The fourth-order valence-corrected chi connectivity index (χ4v) is 3.00. The van der Waals surface area contributed by atoms with Gasteiger partial charge in [0.15, 0.2) is 5.82 Å². The van der Waals surface area contributed by atoms with Crippen molar-refractivity contribution in [1.82, 2.24) is 20.4 Å². The summed E-state index contributed by atoms with van der Waals surface area (Å²) in [6, 6.07) is 4.44. The maximum atomic E-state index is 5.51. The number of aromatic nitrogens is 3. The Labute approximate surface area is 125 Å². The molecule has 5 heteroatoms. The Bertz CT molecular complexity index is 554. The first-order chi connectivity index (χ1) is 10.4. The minimum Gasteiger partial charge on any atom is -0.339 e. The molecule has 0 bridgehead atoms. The zero-order chi connectivity index (χ0) is 14.5. The van der Waals surface area contributed by atoms with Crippen LogP contribution in [0.3, 0.4) is 0 Å². The largest absolute Gasteiger partial charge is 0.339 e. The fraction of sp³-hybridized carbons (Fsp3) is 0.562. The van der Waals surface area contributed by atoms with E-state index in [4.69, 9.17) is 4.52 Å². The van der Waals surface area contributed by atoms with Gasteiger partial charge in [-0.05, 0) is 37.4 Å². The third kappa shape index (κ3) is 3.47. The molecule has 2 aromatic heterocycles. The molecule has 2 aromatic rings. The summed E-state index contributed by atoms with van der Waals surface area (Å²) in [6.45, 7) is 3.24. The van der Waals surface area contributed by atoms with Gasteiger partial charge in [-0.1, -0.05) is 24.6 Å². The van der Waals surface area contributed by atoms with E-state index in [1.807, 2.05) is 18.3 Å². The van der Waals surface area contributed by atoms with Crippen LogP contribution in [0, 0.1) is 0 Å². The highest BCUT2D eigenvalue weighted by Gasteiger charge is 2.32. The van der Waals surface area contributed by atoms with Gasteiger partial charge in [-0.3, -0.25) is 4.98 Å². The molecular formula is C16H22N4O. The Morgan fingerprint density at radius 2 is 2.33 bits per heavy atom. The molecule has 0 amide bonds. The van der Waals surface area contributed by atoms with Crippen molar-refractivity contribution in [3.63, 3.8) is 0 Å². The van der Waals surface area contributed by atoms with Crippen LogP contribution >= 0.6 is 0 Å². The summed E-state index contributed by atoms with van der Waals surface area (Å²) in [4.78, 5) is 8.72. The number of hydrogen-bond donors (Lipinski definition) is 1. The molecule has 1 aliphatic rings. The topological polar surface area (TPSA) is 63.8 Å². The molecule has 0 aromatic carbocycles. The van der Waals surface area contributed by atoms with Gasteiger partial charge in [-0.2, -0.15) is 4.98 Å². The molecule has 1 fully saturated rings. The Morgan fingerprint density at radius 3 is 3.14 bits per heavy atom. The quantitative estimate of drug-likeness (QED) is 0.884. The van der Waals surface area contributed by atoms with E-state index in [1.165, 1.54) is 12.8 Å². The van der Waals surface area contributed by atoms with Crippen LogP contribution in [0.4, 0.5) is 0 Å². The first kappa shape index (κ1) is 14.2. The number of nitrogens with zero attached hydrogens (tertiary/aromatic N) is 3. The van der Waals surface area contributed by atoms with Crippen LogP contribution in [0.15, 0.2) is 29.0 Å². The third-order valence-electron chi connectivity index (χ3n) is 4.06. The van der Waals surface area contributed by atoms with Gasteiger partial charge in [-0.25, -0.2) is 0 Å². The smallest absolute Gasteiger partial charge is 0.231 e. The third-order valence-corrected chi connectivity index (χ3v) is 4.06. The van der Waals surface area contributed by atoms with Crippen molar-refractivity contribution in [1.29, 1.82) is 0 Å². The lowest BCUT2D eigenvalue weighted by Gasteiger charge is -2.17. The molecule has 0 radical (unpaired) electrons. The Balaban J connectivity index is 1.66. The standard InChI is InChI=1S/C16H22N4O/c1-2-8-18-14-7-3-6-13(14)16-19-15(20-21-16)10-12-5-4-9-17-11-12/h4-5,9,11,13-14,18H,2-3,6-8,10H2,1H3.